The van der Waals surface area contributed by atoms with E-state index in [1.807, 2.05) is 37.3 Å². The minimum Gasteiger partial charge on any atom is -0.449 e. The van der Waals surface area contributed by atoms with E-state index in [0.29, 0.717) is 5.56 Å². The third kappa shape index (κ3) is 6.88. The van der Waals surface area contributed by atoms with Gasteiger partial charge in [0.05, 0.1) is 11.0 Å². The molecule has 2 aromatic carbocycles. The summed E-state index contributed by atoms with van der Waals surface area (Å²) >= 11 is 0. The average Bonchev–Trinajstić information content (AvgIpc) is 2.72. The number of nitro groups is 1. The quantitative estimate of drug-likeness (QED) is 0.296. The molecule has 0 radical (unpaired) electrons. The highest BCUT2D eigenvalue weighted by molar-refractivity contribution is 5.90. The first kappa shape index (κ1) is 21.8. The minimum absolute atomic E-state index is 0.0730. The Morgan fingerprint density at radius 2 is 1.90 bits per heavy atom. The number of rotatable bonds is 9. The van der Waals surface area contributed by atoms with Gasteiger partial charge < -0.3 is 10.1 Å². The number of hydrogen-bond donors (Lipinski definition) is 1. The maximum absolute atomic E-state index is 12.4. The molecule has 0 saturated heterocycles. The van der Waals surface area contributed by atoms with Crippen LogP contribution in [0, 0.1) is 10.1 Å². The third-order valence-corrected chi connectivity index (χ3v) is 4.25. The number of carbonyl (C=O) groups excluding carboxylic acids is 2. The SMILES string of the molecule is CCCC(NC(=O)C(C)OC(=O)/C=C/c1cccc([N+](=O)[O-])c1)c1ccccc1. The van der Waals surface area contributed by atoms with Gasteiger partial charge in [-0.15, -0.1) is 0 Å². The molecule has 7 nitrogen and oxygen atoms in total. The maximum Gasteiger partial charge on any atom is 0.331 e. The van der Waals surface area contributed by atoms with Gasteiger partial charge >= 0.3 is 5.97 Å². The molecule has 29 heavy (non-hydrogen) atoms. The van der Waals surface area contributed by atoms with E-state index < -0.39 is 17.0 Å². The fourth-order valence-electron chi connectivity index (χ4n) is 2.76. The number of hydrogen-bond acceptors (Lipinski definition) is 5. The predicted molar refractivity (Wildman–Crippen MR) is 110 cm³/mol. The fraction of sp³-hybridized carbons (Fsp3) is 0.273. The molecule has 0 spiro atoms. The number of nitrogens with zero attached hydrogens (tertiary/aromatic N) is 1. The number of nitro benzene ring substituents is 1. The lowest BCUT2D eigenvalue weighted by Crippen LogP contribution is -2.38. The van der Waals surface area contributed by atoms with Crippen molar-refractivity contribution in [3.63, 3.8) is 0 Å². The summed E-state index contributed by atoms with van der Waals surface area (Å²) in [5.74, 6) is -1.09. The maximum atomic E-state index is 12.4. The van der Waals surface area contributed by atoms with E-state index in [-0.39, 0.29) is 17.6 Å². The van der Waals surface area contributed by atoms with Crippen LogP contribution < -0.4 is 5.32 Å². The van der Waals surface area contributed by atoms with Crippen LogP contribution in [-0.2, 0) is 14.3 Å². The zero-order chi connectivity index (χ0) is 21.2. The van der Waals surface area contributed by atoms with Crippen molar-refractivity contribution >= 4 is 23.6 Å². The Balaban J connectivity index is 1.95. The summed E-state index contributed by atoms with van der Waals surface area (Å²) in [7, 11) is 0. The largest absolute Gasteiger partial charge is 0.449 e. The monoisotopic (exact) mass is 396 g/mol. The van der Waals surface area contributed by atoms with Gasteiger partial charge in [-0.05, 0) is 30.5 Å². The zero-order valence-corrected chi connectivity index (χ0v) is 16.4. The highest BCUT2D eigenvalue weighted by Gasteiger charge is 2.21. The molecular weight excluding hydrogens is 372 g/mol. The van der Waals surface area contributed by atoms with E-state index in [4.69, 9.17) is 4.74 Å². The van der Waals surface area contributed by atoms with Gasteiger partial charge in [-0.25, -0.2) is 4.79 Å². The van der Waals surface area contributed by atoms with Gasteiger partial charge in [0, 0.05) is 18.2 Å². The molecule has 0 aliphatic heterocycles. The Labute approximate surface area is 169 Å². The molecule has 2 unspecified atom stereocenters. The topological polar surface area (TPSA) is 98.5 Å². The summed E-state index contributed by atoms with van der Waals surface area (Å²) in [4.78, 5) is 34.7. The Hall–Kier alpha value is -3.48. The zero-order valence-electron chi connectivity index (χ0n) is 16.4. The van der Waals surface area contributed by atoms with Crippen molar-refractivity contribution in [3.8, 4) is 0 Å². The van der Waals surface area contributed by atoms with Crippen molar-refractivity contribution in [2.45, 2.75) is 38.8 Å². The van der Waals surface area contributed by atoms with Crippen LogP contribution in [0.1, 0.15) is 43.9 Å². The van der Waals surface area contributed by atoms with Crippen LogP contribution in [0.3, 0.4) is 0 Å². The lowest BCUT2D eigenvalue weighted by molar-refractivity contribution is -0.384. The highest BCUT2D eigenvalue weighted by Crippen LogP contribution is 2.18. The summed E-state index contributed by atoms with van der Waals surface area (Å²) in [5, 5.41) is 13.7. The first-order valence-electron chi connectivity index (χ1n) is 9.39. The third-order valence-electron chi connectivity index (χ3n) is 4.25. The Morgan fingerprint density at radius 1 is 1.17 bits per heavy atom. The Kier molecular flexibility index (Phi) is 8.09. The minimum atomic E-state index is -0.972. The van der Waals surface area contributed by atoms with Crippen LogP contribution in [0.4, 0.5) is 5.69 Å². The number of non-ortho nitro benzene ring substituents is 1. The van der Waals surface area contributed by atoms with Crippen LogP contribution in [-0.4, -0.2) is 22.9 Å². The summed E-state index contributed by atoms with van der Waals surface area (Å²) in [6, 6.07) is 15.3. The molecule has 0 aliphatic carbocycles. The molecule has 0 saturated carbocycles. The van der Waals surface area contributed by atoms with Crippen LogP contribution >= 0.6 is 0 Å². The fourth-order valence-corrected chi connectivity index (χ4v) is 2.76. The van der Waals surface area contributed by atoms with Gasteiger partial charge in [-0.1, -0.05) is 55.8 Å². The molecule has 152 valence electrons. The van der Waals surface area contributed by atoms with Gasteiger partial charge in [0.2, 0.25) is 0 Å². The van der Waals surface area contributed by atoms with Crippen LogP contribution in [0.2, 0.25) is 0 Å². The second-order valence-corrected chi connectivity index (χ2v) is 6.53. The van der Waals surface area contributed by atoms with E-state index >= 15 is 0 Å². The first-order chi connectivity index (χ1) is 13.9. The summed E-state index contributed by atoms with van der Waals surface area (Å²) < 4.78 is 5.15. The molecular formula is C22H24N2O5. The van der Waals surface area contributed by atoms with E-state index in [0.717, 1.165) is 24.5 Å². The van der Waals surface area contributed by atoms with Crippen LogP contribution in [0.15, 0.2) is 60.7 Å². The van der Waals surface area contributed by atoms with Crippen molar-refractivity contribution in [2.75, 3.05) is 0 Å². The van der Waals surface area contributed by atoms with E-state index in [2.05, 4.69) is 5.32 Å². The van der Waals surface area contributed by atoms with Gasteiger partial charge in [0.15, 0.2) is 6.10 Å². The summed E-state index contributed by atoms with van der Waals surface area (Å²) in [6.07, 6.45) is 3.23. The molecule has 2 aromatic rings. The van der Waals surface area contributed by atoms with Gasteiger partial charge in [-0.3, -0.25) is 14.9 Å². The molecule has 2 atom stereocenters. The molecule has 0 fully saturated rings. The van der Waals surface area contributed by atoms with Gasteiger partial charge in [0.25, 0.3) is 11.6 Å². The van der Waals surface area contributed by atoms with Crippen LogP contribution in [0.5, 0.6) is 0 Å². The molecule has 0 aliphatic rings. The smallest absolute Gasteiger partial charge is 0.331 e. The number of ether oxygens (including phenoxy) is 1. The molecule has 0 bridgehead atoms. The van der Waals surface area contributed by atoms with Crippen molar-refractivity contribution < 1.29 is 19.2 Å². The van der Waals surface area contributed by atoms with Gasteiger partial charge in [0.1, 0.15) is 0 Å². The lowest BCUT2D eigenvalue weighted by atomic mass is 10.0. The second kappa shape index (κ2) is 10.8. The number of esters is 1. The van der Waals surface area contributed by atoms with Crippen molar-refractivity contribution in [3.05, 3.63) is 81.9 Å². The van der Waals surface area contributed by atoms with Crippen molar-refractivity contribution in [2.24, 2.45) is 0 Å². The van der Waals surface area contributed by atoms with Crippen molar-refractivity contribution in [1.82, 2.24) is 5.32 Å². The summed E-state index contributed by atoms with van der Waals surface area (Å²) in [6.45, 7) is 3.53. The first-order valence-corrected chi connectivity index (χ1v) is 9.39. The number of nitrogens with one attached hydrogen (secondary N) is 1. The molecule has 1 N–H and O–H groups in total. The number of benzene rings is 2. The second-order valence-electron chi connectivity index (χ2n) is 6.53. The molecule has 0 heterocycles. The lowest BCUT2D eigenvalue weighted by Gasteiger charge is -2.21. The Morgan fingerprint density at radius 3 is 2.55 bits per heavy atom. The van der Waals surface area contributed by atoms with E-state index in [1.165, 1.54) is 31.2 Å². The number of amides is 1. The molecule has 7 heteroatoms. The molecule has 0 aromatic heterocycles. The number of carbonyl (C=O) groups is 2. The Bertz CT molecular complexity index is 880. The normalized spacial score (nSPS) is 12.9. The molecule has 2 rings (SSSR count). The standard InChI is InChI=1S/C22H24N2O5/c1-3-8-20(18-10-5-4-6-11-18)23-22(26)16(2)29-21(25)14-13-17-9-7-12-19(15-17)24(27)28/h4-7,9-16,20H,3,8H2,1-2H3,(H,23,26)/b14-13+. The molecule has 1 amide bonds. The highest BCUT2D eigenvalue weighted by atomic mass is 16.6. The van der Waals surface area contributed by atoms with Crippen LogP contribution in [0.25, 0.3) is 6.08 Å². The summed E-state index contributed by atoms with van der Waals surface area (Å²) in [5.41, 5.74) is 1.41. The van der Waals surface area contributed by atoms with Gasteiger partial charge in [-0.2, -0.15) is 0 Å². The van der Waals surface area contributed by atoms with E-state index in [9.17, 15) is 19.7 Å². The van der Waals surface area contributed by atoms with Crippen molar-refractivity contribution in [1.29, 1.82) is 0 Å². The van der Waals surface area contributed by atoms with E-state index in [1.54, 1.807) is 6.07 Å². The predicted octanol–water partition coefficient (Wildman–Crippen LogP) is 4.20. The average molecular weight is 396 g/mol.